The lowest BCUT2D eigenvalue weighted by Gasteiger charge is -2.59. The molecular formula is C27H45NO. The third-order valence-corrected chi connectivity index (χ3v) is 10.1. The first-order chi connectivity index (χ1) is 13.5. The highest BCUT2D eigenvalue weighted by Gasteiger charge is 2.57. The van der Waals surface area contributed by atoms with E-state index in [2.05, 4.69) is 59.7 Å². The van der Waals surface area contributed by atoms with Crippen LogP contribution in [0.15, 0.2) is 22.8 Å². The predicted molar refractivity (Wildman–Crippen MR) is 123 cm³/mol. The lowest BCUT2D eigenvalue weighted by Crippen LogP contribution is -2.53. The van der Waals surface area contributed by atoms with Crippen molar-refractivity contribution in [2.24, 2.45) is 34.0 Å². The van der Waals surface area contributed by atoms with Crippen molar-refractivity contribution >= 4 is 0 Å². The van der Waals surface area contributed by atoms with Gasteiger partial charge >= 0.3 is 0 Å². The first kappa shape index (κ1) is 21.6. The van der Waals surface area contributed by atoms with Crippen molar-refractivity contribution in [3.8, 4) is 0 Å². The summed E-state index contributed by atoms with van der Waals surface area (Å²) in [7, 11) is 4.40. The molecule has 1 N–H and O–H groups in total. The van der Waals surface area contributed by atoms with Crippen LogP contribution >= 0.6 is 0 Å². The minimum atomic E-state index is -0.135. The first-order valence-electron chi connectivity index (χ1n) is 12.3. The van der Waals surface area contributed by atoms with Gasteiger partial charge in [-0.3, -0.25) is 0 Å². The van der Waals surface area contributed by atoms with Crippen LogP contribution in [0.1, 0.15) is 86.0 Å². The number of aliphatic hydroxyl groups excluding tert-OH is 1. The standard InChI is InChI=1S/C27H45NO/c1-18(14-17-28(6)7)20-9-10-21-19-8-11-23-25(2,3)24(29)13-16-27(23,5)22(19)12-15-26(20,21)4/h10,18,20,23-24,29H,8-9,11-17H2,1-7H3/t18-,20+,23-,24-,26+,27+/m0/s1. The minimum Gasteiger partial charge on any atom is -0.393 e. The summed E-state index contributed by atoms with van der Waals surface area (Å²) in [6.07, 6.45) is 12.4. The average molecular weight is 400 g/mol. The molecule has 4 aliphatic rings. The minimum absolute atomic E-state index is 0.0412. The van der Waals surface area contributed by atoms with Crippen molar-refractivity contribution in [1.82, 2.24) is 4.90 Å². The Balaban J connectivity index is 1.63. The third-order valence-electron chi connectivity index (χ3n) is 10.1. The number of fused-ring (bicyclic) bond motifs is 4. The molecule has 0 aliphatic heterocycles. The summed E-state index contributed by atoms with van der Waals surface area (Å²) in [5.74, 6) is 2.22. The monoisotopic (exact) mass is 399 g/mol. The van der Waals surface area contributed by atoms with Gasteiger partial charge in [-0.05, 0) is 117 Å². The van der Waals surface area contributed by atoms with E-state index in [1.807, 2.05) is 0 Å². The van der Waals surface area contributed by atoms with E-state index in [-0.39, 0.29) is 11.5 Å². The van der Waals surface area contributed by atoms with Crippen LogP contribution < -0.4 is 0 Å². The molecule has 164 valence electrons. The van der Waals surface area contributed by atoms with Gasteiger partial charge in [0.05, 0.1) is 6.10 Å². The molecule has 6 atom stereocenters. The van der Waals surface area contributed by atoms with E-state index < -0.39 is 0 Å². The Labute approximate surface area is 179 Å². The Hall–Kier alpha value is -0.600. The van der Waals surface area contributed by atoms with Gasteiger partial charge < -0.3 is 10.0 Å². The molecule has 2 nitrogen and oxygen atoms in total. The van der Waals surface area contributed by atoms with Crippen molar-refractivity contribution in [2.75, 3.05) is 20.6 Å². The summed E-state index contributed by atoms with van der Waals surface area (Å²) in [4.78, 5) is 2.34. The molecule has 0 bridgehead atoms. The van der Waals surface area contributed by atoms with Gasteiger partial charge in [-0.15, -0.1) is 0 Å². The molecule has 0 unspecified atom stereocenters. The first-order valence-corrected chi connectivity index (χ1v) is 12.3. The quantitative estimate of drug-likeness (QED) is 0.607. The summed E-state index contributed by atoms with van der Waals surface area (Å²) in [6.45, 7) is 13.5. The Bertz CT molecular complexity index is 716. The van der Waals surface area contributed by atoms with Crippen LogP contribution in [0.5, 0.6) is 0 Å². The van der Waals surface area contributed by atoms with Crippen LogP contribution in [0.2, 0.25) is 0 Å². The molecule has 1 fully saturated rings. The third kappa shape index (κ3) is 3.19. The fourth-order valence-electron chi connectivity index (χ4n) is 8.24. The molecule has 0 aromatic heterocycles. The molecule has 4 aliphatic carbocycles. The largest absolute Gasteiger partial charge is 0.393 e. The van der Waals surface area contributed by atoms with Crippen molar-refractivity contribution in [2.45, 2.75) is 92.1 Å². The molecule has 0 spiro atoms. The van der Waals surface area contributed by atoms with Crippen LogP contribution in [-0.2, 0) is 0 Å². The van der Waals surface area contributed by atoms with Crippen molar-refractivity contribution in [1.29, 1.82) is 0 Å². The molecule has 0 radical (unpaired) electrons. The molecule has 0 aromatic rings. The van der Waals surface area contributed by atoms with Gasteiger partial charge in [0.1, 0.15) is 0 Å². The van der Waals surface area contributed by atoms with Crippen molar-refractivity contribution in [3.63, 3.8) is 0 Å². The SMILES string of the molecule is C[C@@H](CCN(C)C)[C@H]1CC=C2C3=C(CC[C@@]21C)[C@@]1(C)CC[C@H](O)C(C)(C)[C@@H]1CC3. The summed E-state index contributed by atoms with van der Waals surface area (Å²) < 4.78 is 0. The number of rotatable bonds is 4. The van der Waals surface area contributed by atoms with Gasteiger partial charge in [-0.25, -0.2) is 0 Å². The van der Waals surface area contributed by atoms with Crippen molar-refractivity contribution < 1.29 is 5.11 Å². The van der Waals surface area contributed by atoms with Gasteiger partial charge in [0, 0.05) is 0 Å². The van der Waals surface area contributed by atoms with Gasteiger partial charge in [-0.2, -0.15) is 0 Å². The summed E-state index contributed by atoms with van der Waals surface area (Å²) in [5, 5.41) is 10.7. The van der Waals surface area contributed by atoms with E-state index in [9.17, 15) is 5.11 Å². The molecule has 0 amide bonds. The van der Waals surface area contributed by atoms with E-state index in [0.717, 1.165) is 18.3 Å². The van der Waals surface area contributed by atoms with Crippen LogP contribution in [-0.4, -0.2) is 36.8 Å². The zero-order valence-corrected chi connectivity index (χ0v) is 20.1. The second-order valence-corrected chi connectivity index (χ2v) is 12.3. The zero-order valence-electron chi connectivity index (χ0n) is 20.1. The molecule has 2 heteroatoms. The lowest BCUT2D eigenvalue weighted by molar-refractivity contribution is -0.0905. The normalized spacial score (nSPS) is 42.2. The maximum absolute atomic E-state index is 10.7. The number of hydrogen-bond donors (Lipinski definition) is 1. The molecule has 0 heterocycles. The van der Waals surface area contributed by atoms with Crippen molar-refractivity contribution in [3.05, 3.63) is 22.8 Å². The van der Waals surface area contributed by atoms with E-state index in [1.54, 1.807) is 16.7 Å². The fraction of sp³-hybridized carbons (Fsp3) is 0.852. The van der Waals surface area contributed by atoms with Crippen LogP contribution in [0, 0.1) is 34.0 Å². The molecule has 4 rings (SSSR count). The maximum atomic E-state index is 10.7. The zero-order chi connectivity index (χ0) is 21.2. The number of hydrogen-bond acceptors (Lipinski definition) is 2. The molecule has 0 saturated heterocycles. The molecular weight excluding hydrogens is 354 g/mol. The Morgan fingerprint density at radius 3 is 2.48 bits per heavy atom. The van der Waals surface area contributed by atoms with E-state index in [0.29, 0.717) is 16.7 Å². The Morgan fingerprint density at radius 1 is 1.07 bits per heavy atom. The molecule has 29 heavy (non-hydrogen) atoms. The van der Waals surface area contributed by atoms with E-state index in [4.69, 9.17) is 0 Å². The summed E-state index contributed by atoms with van der Waals surface area (Å²) >= 11 is 0. The average Bonchev–Trinajstić information content (AvgIpc) is 3.00. The van der Waals surface area contributed by atoms with Crippen LogP contribution in [0.25, 0.3) is 0 Å². The topological polar surface area (TPSA) is 23.5 Å². The number of aliphatic hydroxyl groups is 1. The number of nitrogens with zero attached hydrogens (tertiary/aromatic N) is 1. The molecule has 1 saturated carbocycles. The number of allylic oxidation sites excluding steroid dienone is 4. The second kappa shape index (κ2) is 7.23. The van der Waals surface area contributed by atoms with Gasteiger partial charge in [0.2, 0.25) is 0 Å². The lowest BCUT2D eigenvalue weighted by atomic mass is 9.46. The highest BCUT2D eigenvalue weighted by Crippen LogP contribution is 2.66. The van der Waals surface area contributed by atoms with Crippen LogP contribution in [0.4, 0.5) is 0 Å². The van der Waals surface area contributed by atoms with Gasteiger partial charge in [0.25, 0.3) is 0 Å². The Morgan fingerprint density at radius 2 is 1.79 bits per heavy atom. The van der Waals surface area contributed by atoms with E-state index >= 15 is 0 Å². The summed E-state index contributed by atoms with van der Waals surface area (Å²) in [5.41, 5.74) is 6.01. The smallest absolute Gasteiger partial charge is 0.0594 e. The highest BCUT2D eigenvalue weighted by molar-refractivity contribution is 5.49. The van der Waals surface area contributed by atoms with Gasteiger partial charge in [-0.1, -0.05) is 46.3 Å². The maximum Gasteiger partial charge on any atom is 0.0594 e. The van der Waals surface area contributed by atoms with Crippen LogP contribution in [0.3, 0.4) is 0 Å². The van der Waals surface area contributed by atoms with Gasteiger partial charge in [0.15, 0.2) is 0 Å². The van der Waals surface area contributed by atoms with E-state index in [1.165, 1.54) is 51.5 Å². The Kier molecular flexibility index (Phi) is 5.39. The fourth-order valence-corrected chi connectivity index (χ4v) is 8.24. The second-order valence-electron chi connectivity index (χ2n) is 12.3. The highest BCUT2D eigenvalue weighted by atomic mass is 16.3. The summed E-state index contributed by atoms with van der Waals surface area (Å²) in [6, 6.07) is 0. The predicted octanol–water partition coefficient (Wildman–Crippen LogP) is 6.21. The molecule has 0 aromatic carbocycles.